The molecule has 0 aliphatic carbocycles. The van der Waals surface area contributed by atoms with Crippen molar-refractivity contribution in [2.45, 2.75) is 25.4 Å². The Morgan fingerprint density at radius 3 is 3.00 bits per heavy atom. The average Bonchev–Trinajstić information content (AvgIpc) is 2.85. The van der Waals surface area contributed by atoms with E-state index in [4.69, 9.17) is 9.47 Å². The van der Waals surface area contributed by atoms with E-state index in [0.29, 0.717) is 6.42 Å². The highest BCUT2D eigenvalue weighted by Gasteiger charge is 2.18. The van der Waals surface area contributed by atoms with Crippen LogP contribution in [0.1, 0.15) is 29.6 Å². The molecular weight excluding hydrogens is 242 g/mol. The Morgan fingerprint density at radius 2 is 2.28 bits per heavy atom. The number of hydrogen-bond acceptors (Lipinski definition) is 3. The van der Waals surface area contributed by atoms with Gasteiger partial charge in [-0.15, -0.1) is 0 Å². The highest BCUT2D eigenvalue weighted by atomic mass is 19.2. The molecule has 2 rings (SSSR count). The molecule has 1 aromatic carbocycles. The molecule has 98 valence electrons. The standard InChI is InChI=1S/C13H14F2O3/c14-11-5-1-4-10(12(11)15)13(16)18-8-6-9-3-2-7-17-9/h1,4-5,9H,2-3,6-8H2/t9-/m0/s1. The lowest BCUT2D eigenvalue weighted by atomic mass is 10.2. The number of hydrogen-bond donors (Lipinski definition) is 0. The van der Waals surface area contributed by atoms with Crippen LogP contribution in [0.15, 0.2) is 18.2 Å². The lowest BCUT2D eigenvalue weighted by molar-refractivity contribution is 0.0380. The van der Waals surface area contributed by atoms with Gasteiger partial charge in [0.05, 0.1) is 18.3 Å². The molecule has 1 heterocycles. The van der Waals surface area contributed by atoms with Crippen molar-refractivity contribution in [1.29, 1.82) is 0 Å². The average molecular weight is 256 g/mol. The summed E-state index contributed by atoms with van der Waals surface area (Å²) in [6, 6.07) is 3.43. The Labute approximate surface area is 104 Å². The molecule has 1 atom stereocenters. The molecule has 0 spiro atoms. The highest BCUT2D eigenvalue weighted by Crippen LogP contribution is 2.16. The van der Waals surface area contributed by atoms with E-state index in [9.17, 15) is 13.6 Å². The quantitative estimate of drug-likeness (QED) is 0.777. The van der Waals surface area contributed by atoms with E-state index in [-0.39, 0.29) is 18.3 Å². The number of carbonyl (C=O) groups excluding carboxylic acids is 1. The third kappa shape index (κ3) is 3.04. The molecule has 0 amide bonds. The first-order chi connectivity index (χ1) is 8.68. The predicted molar refractivity (Wildman–Crippen MR) is 60.2 cm³/mol. The van der Waals surface area contributed by atoms with Gasteiger partial charge in [0.1, 0.15) is 0 Å². The van der Waals surface area contributed by atoms with E-state index < -0.39 is 17.6 Å². The monoisotopic (exact) mass is 256 g/mol. The molecule has 1 aromatic rings. The van der Waals surface area contributed by atoms with E-state index in [2.05, 4.69) is 0 Å². The van der Waals surface area contributed by atoms with Crippen LogP contribution in [0.4, 0.5) is 8.78 Å². The SMILES string of the molecule is O=C(OCC[C@@H]1CCCO1)c1cccc(F)c1F. The normalized spacial score (nSPS) is 18.9. The van der Waals surface area contributed by atoms with Crippen molar-refractivity contribution in [2.24, 2.45) is 0 Å². The van der Waals surface area contributed by atoms with Crippen molar-refractivity contribution < 1.29 is 23.0 Å². The van der Waals surface area contributed by atoms with Gasteiger partial charge in [0.25, 0.3) is 0 Å². The van der Waals surface area contributed by atoms with Crippen LogP contribution < -0.4 is 0 Å². The van der Waals surface area contributed by atoms with Gasteiger partial charge < -0.3 is 9.47 Å². The Balaban J connectivity index is 1.85. The topological polar surface area (TPSA) is 35.5 Å². The van der Waals surface area contributed by atoms with Crippen molar-refractivity contribution in [1.82, 2.24) is 0 Å². The van der Waals surface area contributed by atoms with Gasteiger partial charge in [0.2, 0.25) is 0 Å². The zero-order valence-corrected chi connectivity index (χ0v) is 9.83. The maximum Gasteiger partial charge on any atom is 0.341 e. The van der Waals surface area contributed by atoms with Crippen LogP contribution in [-0.2, 0) is 9.47 Å². The Bertz CT molecular complexity index is 428. The summed E-state index contributed by atoms with van der Waals surface area (Å²) in [5, 5.41) is 0. The number of halogens is 2. The van der Waals surface area contributed by atoms with Crippen molar-refractivity contribution in [3.63, 3.8) is 0 Å². The largest absolute Gasteiger partial charge is 0.462 e. The summed E-state index contributed by atoms with van der Waals surface area (Å²) in [4.78, 5) is 11.5. The molecule has 1 saturated heterocycles. The molecule has 0 unspecified atom stereocenters. The molecule has 0 bridgehead atoms. The van der Waals surface area contributed by atoms with Crippen molar-refractivity contribution in [2.75, 3.05) is 13.2 Å². The number of carbonyl (C=O) groups is 1. The third-order valence-electron chi connectivity index (χ3n) is 2.87. The molecule has 5 heteroatoms. The minimum atomic E-state index is -1.17. The first kappa shape index (κ1) is 13.0. The second-order valence-corrected chi connectivity index (χ2v) is 4.16. The second-order valence-electron chi connectivity index (χ2n) is 4.16. The van der Waals surface area contributed by atoms with E-state index >= 15 is 0 Å². The zero-order chi connectivity index (χ0) is 13.0. The summed E-state index contributed by atoms with van der Waals surface area (Å²) in [7, 11) is 0. The van der Waals surface area contributed by atoms with E-state index in [1.807, 2.05) is 0 Å². The van der Waals surface area contributed by atoms with E-state index in [0.717, 1.165) is 25.5 Å². The smallest absolute Gasteiger partial charge is 0.341 e. The van der Waals surface area contributed by atoms with Gasteiger partial charge in [-0.2, -0.15) is 0 Å². The van der Waals surface area contributed by atoms with Crippen LogP contribution >= 0.6 is 0 Å². The summed E-state index contributed by atoms with van der Waals surface area (Å²) in [5.41, 5.74) is -0.373. The maximum atomic E-state index is 13.3. The summed E-state index contributed by atoms with van der Waals surface area (Å²) in [6.45, 7) is 0.886. The van der Waals surface area contributed by atoms with Crippen LogP contribution in [0.5, 0.6) is 0 Å². The van der Waals surface area contributed by atoms with Gasteiger partial charge in [-0.25, -0.2) is 13.6 Å². The number of benzene rings is 1. The summed E-state index contributed by atoms with van der Waals surface area (Å²) in [6.07, 6.45) is 2.65. The van der Waals surface area contributed by atoms with Crippen molar-refractivity contribution in [3.05, 3.63) is 35.4 Å². The minimum absolute atomic E-state index is 0.107. The van der Waals surface area contributed by atoms with Gasteiger partial charge in [-0.05, 0) is 25.0 Å². The van der Waals surface area contributed by atoms with Crippen LogP contribution in [0.3, 0.4) is 0 Å². The molecule has 0 radical (unpaired) electrons. The van der Waals surface area contributed by atoms with Crippen LogP contribution in [0, 0.1) is 11.6 Å². The second kappa shape index (κ2) is 5.91. The fourth-order valence-corrected chi connectivity index (χ4v) is 1.89. The summed E-state index contributed by atoms with van der Waals surface area (Å²) < 4.78 is 36.4. The predicted octanol–water partition coefficient (Wildman–Crippen LogP) is 2.69. The van der Waals surface area contributed by atoms with E-state index in [1.165, 1.54) is 12.1 Å². The minimum Gasteiger partial charge on any atom is -0.462 e. The molecular formula is C13H14F2O3. The lowest BCUT2D eigenvalue weighted by Crippen LogP contribution is -2.14. The third-order valence-corrected chi connectivity index (χ3v) is 2.87. The first-order valence-corrected chi connectivity index (χ1v) is 5.91. The highest BCUT2D eigenvalue weighted by molar-refractivity contribution is 5.89. The fraction of sp³-hybridized carbons (Fsp3) is 0.462. The molecule has 1 fully saturated rings. The van der Waals surface area contributed by atoms with Crippen LogP contribution in [0.25, 0.3) is 0 Å². The van der Waals surface area contributed by atoms with Gasteiger partial charge in [-0.3, -0.25) is 0 Å². The fourth-order valence-electron chi connectivity index (χ4n) is 1.89. The molecule has 3 nitrogen and oxygen atoms in total. The molecule has 0 aromatic heterocycles. The Morgan fingerprint density at radius 1 is 1.44 bits per heavy atom. The summed E-state index contributed by atoms with van der Waals surface area (Å²) >= 11 is 0. The van der Waals surface area contributed by atoms with Gasteiger partial charge in [0, 0.05) is 13.0 Å². The van der Waals surface area contributed by atoms with Crippen molar-refractivity contribution in [3.8, 4) is 0 Å². The number of esters is 1. The lowest BCUT2D eigenvalue weighted by Gasteiger charge is -2.10. The van der Waals surface area contributed by atoms with Gasteiger partial charge in [-0.1, -0.05) is 6.07 Å². The maximum absolute atomic E-state index is 13.3. The Hall–Kier alpha value is -1.49. The number of ether oxygens (including phenoxy) is 2. The molecule has 0 saturated carbocycles. The molecule has 1 aliphatic rings. The molecule has 1 aliphatic heterocycles. The van der Waals surface area contributed by atoms with Crippen molar-refractivity contribution >= 4 is 5.97 Å². The van der Waals surface area contributed by atoms with Crippen LogP contribution in [0.2, 0.25) is 0 Å². The first-order valence-electron chi connectivity index (χ1n) is 5.91. The Kier molecular flexibility index (Phi) is 4.25. The summed E-state index contributed by atoms with van der Waals surface area (Å²) in [5.74, 6) is -3.06. The molecule has 18 heavy (non-hydrogen) atoms. The molecule has 0 N–H and O–H groups in total. The van der Waals surface area contributed by atoms with E-state index in [1.54, 1.807) is 0 Å². The van der Waals surface area contributed by atoms with Crippen LogP contribution in [-0.4, -0.2) is 25.3 Å². The number of rotatable bonds is 4. The van der Waals surface area contributed by atoms with Gasteiger partial charge >= 0.3 is 5.97 Å². The zero-order valence-electron chi connectivity index (χ0n) is 9.83. The van der Waals surface area contributed by atoms with Gasteiger partial charge in [0.15, 0.2) is 11.6 Å².